The second-order valence-corrected chi connectivity index (χ2v) is 5.50. The van der Waals surface area contributed by atoms with E-state index in [9.17, 15) is 4.79 Å². The van der Waals surface area contributed by atoms with Gasteiger partial charge in [-0.1, -0.05) is 23.7 Å². The Hall–Kier alpha value is -1.79. The third-order valence-corrected chi connectivity index (χ3v) is 4.06. The molecule has 0 aliphatic rings. The number of nitrogens with two attached hydrogens (primary N) is 1. The minimum atomic E-state index is -0.228. The minimum absolute atomic E-state index is 0.228. The molecule has 1 aromatic carbocycles. The van der Waals surface area contributed by atoms with Gasteiger partial charge in [-0.3, -0.25) is 4.79 Å². The molecule has 5 nitrogen and oxygen atoms in total. The number of hydrogen-bond acceptors (Lipinski definition) is 5. The largest absolute Gasteiger partial charge is 0.382 e. The van der Waals surface area contributed by atoms with Crippen molar-refractivity contribution in [2.75, 3.05) is 24.7 Å². The molecule has 2 aromatic rings. The fourth-order valence-electron chi connectivity index (χ4n) is 1.83. The van der Waals surface area contributed by atoms with Gasteiger partial charge in [0.05, 0.1) is 0 Å². The van der Waals surface area contributed by atoms with Gasteiger partial charge in [-0.05, 0) is 29.2 Å². The molecule has 0 atom stereocenters. The molecule has 3 N–H and O–H groups in total. The molecular weight excluding hydrogens is 296 g/mol. The molecule has 0 saturated heterocycles. The van der Waals surface area contributed by atoms with Gasteiger partial charge in [0.25, 0.3) is 5.91 Å². The molecular formula is C13H15ClN4OS. The van der Waals surface area contributed by atoms with Gasteiger partial charge < -0.3 is 16.0 Å². The highest BCUT2D eigenvalue weighted by atomic mass is 35.5. The Morgan fingerprint density at radius 1 is 1.45 bits per heavy atom. The third-order valence-electron chi connectivity index (χ3n) is 2.83. The van der Waals surface area contributed by atoms with Gasteiger partial charge in [0.1, 0.15) is 10.6 Å². The zero-order valence-electron chi connectivity index (χ0n) is 11.2. The Kier molecular flexibility index (Phi) is 4.46. The zero-order chi connectivity index (χ0) is 14.7. The number of carbonyl (C=O) groups excluding carboxylic acids is 1. The highest BCUT2D eigenvalue weighted by Crippen LogP contribution is 2.30. The molecule has 106 valence electrons. The van der Waals surface area contributed by atoms with E-state index in [0.29, 0.717) is 17.1 Å². The summed E-state index contributed by atoms with van der Waals surface area (Å²) in [5, 5.41) is 4.02. The first kappa shape index (κ1) is 14.6. The zero-order valence-corrected chi connectivity index (χ0v) is 12.8. The summed E-state index contributed by atoms with van der Waals surface area (Å²) in [7, 11) is 3.47. The van der Waals surface area contributed by atoms with Gasteiger partial charge in [0, 0.05) is 25.7 Å². The van der Waals surface area contributed by atoms with Crippen molar-refractivity contribution in [2.45, 2.75) is 6.54 Å². The molecule has 0 radical (unpaired) electrons. The van der Waals surface area contributed by atoms with Crippen LogP contribution in [0, 0.1) is 0 Å². The lowest BCUT2D eigenvalue weighted by Gasteiger charge is -2.18. The van der Waals surface area contributed by atoms with Crippen LogP contribution < -0.4 is 16.0 Å². The van der Waals surface area contributed by atoms with Gasteiger partial charge in [0.2, 0.25) is 0 Å². The molecule has 1 heterocycles. The molecule has 0 fully saturated rings. The van der Waals surface area contributed by atoms with Crippen molar-refractivity contribution in [1.82, 2.24) is 9.69 Å². The monoisotopic (exact) mass is 310 g/mol. The molecule has 2 rings (SSSR count). The van der Waals surface area contributed by atoms with E-state index in [-0.39, 0.29) is 11.7 Å². The van der Waals surface area contributed by atoms with Crippen LogP contribution >= 0.6 is 23.1 Å². The molecule has 1 amide bonds. The standard InChI is InChI=1S/C13H15ClN4OS/c1-16-12(19)10-11(15)17-20-13(10)18(2)7-8-3-5-9(14)6-4-8/h3-6H,7H2,1-2H3,(H2,15,17)(H,16,19). The van der Waals surface area contributed by atoms with Crippen molar-refractivity contribution in [2.24, 2.45) is 0 Å². The van der Waals surface area contributed by atoms with E-state index >= 15 is 0 Å². The Morgan fingerprint density at radius 2 is 2.10 bits per heavy atom. The first-order valence-corrected chi connectivity index (χ1v) is 7.11. The minimum Gasteiger partial charge on any atom is -0.382 e. The van der Waals surface area contributed by atoms with Gasteiger partial charge in [-0.15, -0.1) is 0 Å². The number of nitrogens with one attached hydrogen (secondary N) is 1. The van der Waals surface area contributed by atoms with Crippen LogP contribution in [0.1, 0.15) is 15.9 Å². The number of nitrogens with zero attached hydrogens (tertiary/aromatic N) is 2. The average molecular weight is 311 g/mol. The number of benzene rings is 1. The number of carbonyl (C=O) groups is 1. The van der Waals surface area contributed by atoms with Crippen LogP contribution in [0.25, 0.3) is 0 Å². The summed E-state index contributed by atoms with van der Waals surface area (Å²) in [5.41, 5.74) is 7.28. The third kappa shape index (κ3) is 3.02. The van der Waals surface area contributed by atoms with Crippen LogP contribution in [0.3, 0.4) is 0 Å². The van der Waals surface area contributed by atoms with Crippen molar-refractivity contribution in [3.05, 3.63) is 40.4 Å². The number of amides is 1. The van der Waals surface area contributed by atoms with Crippen molar-refractivity contribution in [3.63, 3.8) is 0 Å². The number of halogens is 1. The highest BCUT2D eigenvalue weighted by molar-refractivity contribution is 7.11. The van der Waals surface area contributed by atoms with E-state index in [2.05, 4.69) is 9.69 Å². The van der Waals surface area contributed by atoms with E-state index in [1.54, 1.807) is 7.05 Å². The van der Waals surface area contributed by atoms with Gasteiger partial charge in [-0.25, -0.2) is 0 Å². The van der Waals surface area contributed by atoms with Crippen molar-refractivity contribution in [3.8, 4) is 0 Å². The van der Waals surface area contributed by atoms with Crippen LogP contribution in [0.5, 0.6) is 0 Å². The summed E-state index contributed by atoms with van der Waals surface area (Å²) in [4.78, 5) is 13.8. The van der Waals surface area contributed by atoms with Crippen LogP contribution in [0.2, 0.25) is 5.02 Å². The molecule has 0 unspecified atom stereocenters. The molecule has 0 aliphatic heterocycles. The van der Waals surface area contributed by atoms with Crippen LogP contribution in [0.4, 0.5) is 10.8 Å². The lowest BCUT2D eigenvalue weighted by Crippen LogP contribution is -2.23. The lowest BCUT2D eigenvalue weighted by molar-refractivity contribution is 0.0964. The molecule has 20 heavy (non-hydrogen) atoms. The maximum atomic E-state index is 11.8. The topological polar surface area (TPSA) is 71.2 Å². The quantitative estimate of drug-likeness (QED) is 0.909. The Balaban J connectivity index is 2.23. The fraction of sp³-hybridized carbons (Fsp3) is 0.231. The second kappa shape index (κ2) is 6.11. The van der Waals surface area contributed by atoms with Gasteiger partial charge in [-0.2, -0.15) is 4.37 Å². The first-order valence-electron chi connectivity index (χ1n) is 5.95. The smallest absolute Gasteiger partial charge is 0.257 e. The number of nitrogen functional groups attached to an aromatic ring is 1. The van der Waals surface area contributed by atoms with E-state index in [1.807, 2.05) is 36.2 Å². The van der Waals surface area contributed by atoms with E-state index < -0.39 is 0 Å². The molecule has 0 bridgehead atoms. The Morgan fingerprint density at radius 3 is 2.70 bits per heavy atom. The number of hydrogen-bond donors (Lipinski definition) is 2. The number of aromatic nitrogens is 1. The van der Waals surface area contributed by atoms with Gasteiger partial charge >= 0.3 is 0 Å². The van der Waals surface area contributed by atoms with Crippen LogP contribution in [-0.4, -0.2) is 24.4 Å². The summed E-state index contributed by atoms with van der Waals surface area (Å²) in [5.74, 6) is 0.0292. The average Bonchev–Trinajstić information content (AvgIpc) is 2.82. The Bertz CT molecular complexity index is 611. The predicted octanol–water partition coefficient (Wildman–Crippen LogP) is 2.37. The molecule has 0 spiro atoms. The maximum Gasteiger partial charge on any atom is 0.257 e. The summed E-state index contributed by atoms with van der Waals surface area (Å²) >= 11 is 7.08. The van der Waals surface area contributed by atoms with Crippen LogP contribution in [0.15, 0.2) is 24.3 Å². The fourth-order valence-corrected chi connectivity index (χ4v) is 2.72. The van der Waals surface area contributed by atoms with E-state index in [1.165, 1.54) is 11.5 Å². The summed E-state index contributed by atoms with van der Waals surface area (Å²) in [6.45, 7) is 0.642. The van der Waals surface area contributed by atoms with Crippen molar-refractivity contribution >= 4 is 39.9 Å². The summed E-state index contributed by atoms with van der Waals surface area (Å²) in [6.07, 6.45) is 0. The second-order valence-electron chi connectivity index (χ2n) is 4.31. The van der Waals surface area contributed by atoms with E-state index in [0.717, 1.165) is 10.6 Å². The predicted molar refractivity (Wildman–Crippen MR) is 83.5 cm³/mol. The molecule has 0 aliphatic carbocycles. The maximum absolute atomic E-state index is 11.8. The summed E-state index contributed by atoms with van der Waals surface area (Å²) in [6, 6.07) is 7.57. The molecule has 1 aromatic heterocycles. The van der Waals surface area contributed by atoms with Gasteiger partial charge in [0.15, 0.2) is 5.82 Å². The lowest BCUT2D eigenvalue weighted by atomic mass is 10.2. The van der Waals surface area contributed by atoms with Crippen molar-refractivity contribution < 1.29 is 4.79 Å². The van der Waals surface area contributed by atoms with Crippen molar-refractivity contribution in [1.29, 1.82) is 0 Å². The number of anilines is 2. The molecule has 7 heteroatoms. The SMILES string of the molecule is CNC(=O)c1c(N)nsc1N(C)Cc1ccc(Cl)cc1. The normalized spacial score (nSPS) is 10.3. The summed E-state index contributed by atoms with van der Waals surface area (Å²) < 4.78 is 4.06. The van der Waals surface area contributed by atoms with E-state index in [4.69, 9.17) is 17.3 Å². The van der Waals surface area contributed by atoms with Crippen LogP contribution in [-0.2, 0) is 6.54 Å². The highest BCUT2D eigenvalue weighted by Gasteiger charge is 2.21. The number of rotatable bonds is 4. The molecule has 0 saturated carbocycles. The Labute approximate surface area is 126 Å². The first-order chi connectivity index (χ1) is 9.52.